The summed E-state index contributed by atoms with van der Waals surface area (Å²) in [5.74, 6) is -0.417. The molecule has 8 heteroatoms. The van der Waals surface area contributed by atoms with Crippen LogP contribution in [0.5, 0.6) is 0 Å². The molecule has 2 aromatic rings. The molecule has 2 saturated heterocycles. The van der Waals surface area contributed by atoms with Crippen molar-refractivity contribution in [1.29, 1.82) is 0 Å². The Bertz CT molecular complexity index is 866. The molecule has 7 nitrogen and oxygen atoms in total. The van der Waals surface area contributed by atoms with Crippen molar-refractivity contribution in [2.45, 2.75) is 18.5 Å². The summed E-state index contributed by atoms with van der Waals surface area (Å²) in [5, 5.41) is 3.42. The smallest absolute Gasteiger partial charge is 0.289 e. The van der Waals surface area contributed by atoms with E-state index in [1.807, 2.05) is 12.1 Å². The first-order valence-corrected chi connectivity index (χ1v) is 9.09. The fraction of sp³-hybridized carbons (Fsp3) is 0.316. The molecule has 0 saturated carbocycles. The Balaban J connectivity index is 1.45. The van der Waals surface area contributed by atoms with Gasteiger partial charge in [0.1, 0.15) is 12.1 Å². The lowest BCUT2D eigenvalue weighted by molar-refractivity contribution is -0.152. The zero-order valence-electron chi connectivity index (χ0n) is 14.4. The number of fused-ring (bicyclic) bond motifs is 1. The average molecular weight is 388 g/mol. The number of nitrogens with zero attached hydrogens (tertiary/aromatic N) is 2. The van der Waals surface area contributed by atoms with Crippen molar-refractivity contribution in [2.24, 2.45) is 0 Å². The third-order valence-corrected chi connectivity index (χ3v) is 5.20. The van der Waals surface area contributed by atoms with E-state index in [-0.39, 0.29) is 30.0 Å². The van der Waals surface area contributed by atoms with Crippen LogP contribution in [-0.2, 0) is 16.0 Å². The number of halogens is 1. The van der Waals surface area contributed by atoms with Gasteiger partial charge in [-0.15, -0.1) is 0 Å². The number of hydrogen-bond donors (Lipinski definition) is 1. The van der Waals surface area contributed by atoms with Gasteiger partial charge >= 0.3 is 0 Å². The lowest BCUT2D eigenvalue weighted by Gasteiger charge is -2.45. The molecule has 3 heterocycles. The van der Waals surface area contributed by atoms with Crippen LogP contribution < -0.4 is 5.32 Å². The summed E-state index contributed by atoms with van der Waals surface area (Å²) in [7, 11) is 0. The molecule has 4 rings (SSSR count). The Morgan fingerprint density at radius 3 is 2.67 bits per heavy atom. The van der Waals surface area contributed by atoms with Gasteiger partial charge in [-0.1, -0.05) is 23.7 Å². The second-order valence-corrected chi connectivity index (χ2v) is 7.10. The minimum atomic E-state index is -0.674. The van der Waals surface area contributed by atoms with E-state index >= 15 is 0 Å². The van der Waals surface area contributed by atoms with Crippen LogP contribution in [0, 0.1) is 0 Å². The monoisotopic (exact) mass is 387 g/mol. The number of rotatable bonds is 3. The van der Waals surface area contributed by atoms with Crippen LogP contribution in [0.4, 0.5) is 0 Å². The van der Waals surface area contributed by atoms with E-state index in [0.29, 0.717) is 24.5 Å². The largest absolute Gasteiger partial charge is 0.459 e. The maximum atomic E-state index is 12.8. The van der Waals surface area contributed by atoms with Gasteiger partial charge in [-0.3, -0.25) is 14.4 Å². The Morgan fingerprint density at radius 2 is 1.96 bits per heavy atom. The lowest BCUT2D eigenvalue weighted by Crippen LogP contribution is -2.70. The minimum Gasteiger partial charge on any atom is -0.459 e. The highest BCUT2D eigenvalue weighted by Crippen LogP contribution is 2.20. The molecule has 27 heavy (non-hydrogen) atoms. The van der Waals surface area contributed by atoms with E-state index in [0.717, 1.165) is 5.56 Å². The molecule has 0 radical (unpaired) electrons. The number of carbonyl (C=O) groups is 3. The maximum Gasteiger partial charge on any atom is 0.289 e. The van der Waals surface area contributed by atoms with Crippen molar-refractivity contribution in [2.75, 3.05) is 19.6 Å². The third kappa shape index (κ3) is 3.42. The van der Waals surface area contributed by atoms with E-state index < -0.39 is 12.1 Å². The Morgan fingerprint density at radius 1 is 1.19 bits per heavy atom. The summed E-state index contributed by atoms with van der Waals surface area (Å²) in [6.45, 7) is 0.841. The highest BCUT2D eigenvalue weighted by molar-refractivity contribution is 6.30. The highest BCUT2D eigenvalue weighted by atomic mass is 35.5. The highest BCUT2D eigenvalue weighted by Gasteiger charge is 2.44. The first-order valence-electron chi connectivity index (χ1n) is 8.71. The van der Waals surface area contributed by atoms with E-state index in [9.17, 15) is 14.4 Å². The first-order chi connectivity index (χ1) is 13.0. The number of nitrogens with one attached hydrogen (secondary N) is 1. The SMILES string of the molecule is O=C1N[C@@H](Cc2ccc(Cl)cc2)C(=O)N2CCN(C(=O)c3ccco3)C[C@H]12. The normalized spacial score (nSPS) is 22.4. The molecule has 2 atom stereocenters. The number of hydrogen-bond acceptors (Lipinski definition) is 4. The molecule has 2 aliphatic heterocycles. The van der Waals surface area contributed by atoms with Gasteiger partial charge in [0.25, 0.3) is 5.91 Å². The Kier molecular flexibility index (Phi) is 4.61. The van der Waals surface area contributed by atoms with Crippen molar-refractivity contribution >= 4 is 29.3 Å². The van der Waals surface area contributed by atoms with Gasteiger partial charge < -0.3 is 19.5 Å². The maximum absolute atomic E-state index is 12.8. The number of amides is 3. The molecule has 0 unspecified atom stereocenters. The van der Waals surface area contributed by atoms with E-state index in [4.69, 9.17) is 16.0 Å². The molecule has 2 fully saturated rings. The second kappa shape index (κ2) is 7.08. The predicted molar refractivity (Wildman–Crippen MR) is 97.2 cm³/mol. The summed E-state index contributed by atoms with van der Waals surface area (Å²) in [5.41, 5.74) is 0.920. The summed E-state index contributed by atoms with van der Waals surface area (Å²) in [6, 6.07) is 9.14. The topological polar surface area (TPSA) is 82.9 Å². The number of piperazine rings is 2. The van der Waals surface area contributed by atoms with Crippen molar-refractivity contribution in [3.05, 3.63) is 59.0 Å². The molecule has 140 valence electrons. The fourth-order valence-corrected chi connectivity index (χ4v) is 3.66. The molecule has 3 amide bonds. The standard InChI is InChI=1S/C19H18ClN3O4/c20-13-5-3-12(4-6-13)10-14-18(25)23-8-7-22(11-15(23)17(24)21-14)19(26)16-2-1-9-27-16/h1-6,9,14-15H,7-8,10-11H2,(H,21,24)/t14-,15+/m0/s1. The van der Waals surface area contributed by atoms with Crippen LogP contribution in [0.15, 0.2) is 47.1 Å². The zero-order chi connectivity index (χ0) is 19.0. The van der Waals surface area contributed by atoms with E-state index in [1.54, 1.807) is 34.1 Å². The number of benzene rings is 1. The van der Waals surface area contributed by atoms with Gasteiger partial charge in [0.15, 0.2) is 5.76 Å². The number of furan rings is 1. The van der Waals surface area contributed by atoms with E-state index in [2.05, 4.69) is 5.32 Å². The number of carbonyl (C=O) groups excluding carboxylic acids is 3. The average Bonchev–Trinajstić information content (AvgIpc) is 3.21. The molecule has 0 bridgehead atoms. The lowest BCUT2D eigenvalue weighted by atomic mass is 9.98. The van der Waals surface area contributed by atoms with Crippen LogP contribution in [-0.4, -0.2) is 59.2 Å². The van der Waals surface area contributed by atoms with Gasteiger partial charge in [-0.25, -0.2) is 0 Å². The fourth-order valence-electron chi connectivity index (χ4n) is 3.54. The Labute approximate surface area is 160 Å². The van der Waals surface area contributed by atoms with Gasteiger partial charge in [0, 0.05) is 24.5 Å². The van der Waals surface area contributed by atoms with Crippen molar-refractivity contribution in [1.82, 2.24) is 15.1 Å². The van der Waals surface area contributed by atoms with E-state index in [1.165, 1.54) is 6.26 Å². The van der Waals surface area contributed by atoms with Crippen LogP contribution in [0.1, 0.15) is 16.1 Å². The molecular formula is C19H18ClN3O4. The zero-order valence-corrected chi connectivity index (χ0v) is 15.2. The van der Waals surface area contributed by atoms with Crippen molar-refractivity contribution in [3.8, 4) is 0 Å². The Hall–Kier alpha value is -2.80. The molecule has 0 spiro atoms. The molecule has 0 aliphatic carbocycles. The summed E-state index contributed by atoms with van der Waals surface area (Å²) in [6.07, 6.45) is 1.84. The van der Waals surface area contributed by atoms with Gasteiger partial charge in [0.2, 0.25) is 11.8 Å². The summed E-state index contributed by atoms with van der Waals surface area (Å²) >= 11 is 5.89. The molecule has 1 N–H and O–H groups in total. The van der Waals surface area contributed by atoms with Crippen molar-refractivity contribution < 1.29 is 18.8 Å². The van der Waals surface area contributed by atoms with Gasteiger partial charge in [-0.05, 0) is 29.8 Å². The minimum absolute atomic E-state index is 0.125. The van der Waals surface area contributed by atoms with Crippen LogP contribution in [0.3, 0.4) is 0 Å². The molecule has 1 aromatic heterocycles. The second-order valence-electron chi connectivity index (χ2n) is 6.67. The van der Waals surface area contributed by atoms with Gasteiger partial charge in [0.05, 0.1) is 12.8 Å². The predicted octanol–water partition coefficient (Wildman–Crippen LogP) is 1.33. The third-order valence-electron chi connectivity index (χ3n) is 4.95. The molecule has 1 aromatic carbocycles. The quantitative estimate of drug-likeness (QED) is 0.861. The molecule has 2 aliphatic rings. The first kappa shape index (κ1) is 17.6. The molecular weight excluding hydrogens is 370 g/mol. The van der Waals surface area contributed by atoms with Crippen molar-refractivity contribution in [3.63, 3.8) is 0 Å². The van der Waals surface area contributed by atoms with Crippen LogP contribution in [0.2, 0.25) is 5.02 Å². The summed E-state index contributed by atoms with van der Waals surface area (Å²) < 4.78 is 5.14. The van der Waals surface area contributed by atoms with Crippen LogP contribution in [0.25, 0.3) is 0 Å². The summed E-state index contributed by atoms with van der Waals surface area (Å²) in [4.78, 5) is 41.0. The van der Waals surface area contributed by atoms with Crippen LogP contribution >= 0.6 is 11.6 Å². The van der Waals surface area contributed by atoms with Gasteiger partial charge in [-0.2, -0.15) is 0 Å².